The van der Waals surface area contributed by atoms with Crippen LogP contribution < -0.4 is 10.5 Å². The molecule has 0 aromatic heterocycles. The molecule has 2 aliphatic rings. The van der Waals surface area contributed by atoms with E-state index in [0.29, 0.717) is 12.6 Å². The monoisotopic (exact) mass is 311 g/mol. The Morgan fingerprint density at radius 3 is 3.00 bits per heavy atom. The molecule has 0 radical (unpaired) electrons. The summed E-state index contributed by atoms with van der Waals surface area (Å²) in [5, 5.41) is 0. The van der Waals surface area contributed by atoms with Crippen molar-refractivity contribution in [3.05, 3.63) is 24.3 Å². The molecule has 2 saturated heterocycles. The molecule has 3 rings (SSSR count). The summed E-state index contributed by atoms with van der Waals surface area (Å²) < 4.78 is 32.9. The van der Waals surface area contributed by atoms with Crippen molar-refractivity contribution in [2.24, 2.45) is 0 Å². The number of nitrogens with one attached hydrogen (secondary N) is 1. The van der Waals surface area contributed by atoms with Crippen LogP contribution in [0.1, 0.15) is 12.8 Å². The molecule has 21 heavy (non-hydrogen) atoms. The van der Waals surface area contributed by atoms with Crippen LogP contribution in [0.2, 0.25) is 0 Å². The van der Waals surface area contributed by atoms with Gasteiger partial charge in [-0.05, 0) is 31.5 Å². The number of morpholine rings is 1. The van der Waals surface area contributed by atoms with E-state index in [-0.39, 0.29) is 23.2 Å². The average Bonchev–Trinajstić information content (AvgIpc) is 2.93. The van der Waals surface area contributed by atoms with E-state index in [1.807, 2.05) is 0 Å². The zero-order valence-electron chi connectivity index (χ0n) is 11.9. The molecule has 0 aliphatic carbocycles. The van der Waals surface area contributed by atoms with Crippen molar-refractivity contribution in [3.8, 4) is 0 Å². The van der Waals surface area contributed by atoms with E-state index < -0.39 is 10.0 Å². The molecule has 0 spiro atoms. The van der Waals surface area contributed by atoms with Gasteiger partial charge in [0.05, 0.1) is 18.4 Å². The molecule has 2 heterocycles. The molecule has 6 nitrogen and oxygen atoms in total. The molecule has 1 aromatic rings. The van der Waals surface area contributed by atoms with Crippen LogP contribution in [-0.4, -0.2) is 51.7 Å². The highest BCUT2D eigenvalue weighted by Crippen LogP contribution is 2.23. The number of hydrogen-bond donors (Lipinski definition) is 2. The van der Waals surface area contributed by atoms with Crippen molar-refractivity contribution < 1.29 is 13.2 Å². The van der Waals surface area contributed by atoms with Gasteiger partial charge in [-0.3, -0.25) is 4.90 Å². The molecular weight excluding hydrogens is 290 g/mol. The number of anilines is 1. The molecule has 0 saturated carbocycles. The van der Waals surface area contributed by atoms with E-state index >= 15 is 0 Å². The zero-order valence-corrected chi connectivity index (χ0v) is 12.7. The van der Waals surface area contributed by atoms with E-state index in [4.69, 9.17) is 10.5 Å². The van der Waals surface area contributed by atoms with Crippen molar-refractivity contribution in [1.82, 2.24) is 9.62 Å². The lowest BCUT2D eigenvalue weighted by Crippen LogP contribution is -2.50. The lowest BCUT2D eigenvalue weighted by atomic mass is 10.2. The SMILES string of the molecule is Nc1ccccc1S(=O)(=O)NCC1CN2CCCC2CO1. The summed E-state index contributed by atoms with van der Waals surface area (Å²) in [4.78, 5) is 2.51. The molecule has 2 unspecified atom stereocenters. The number of ether oxygens (including phenoxy) is 1. The molecule has 7 heteroatoms. The largest absolute Gasteiger partial charge is 0.398 e. The number of hydrogen-bond acceptors (Lipinski definition) is 5. The Bertz CT molecular complexity index is 605. The number of rotatable bonds is 4. The summed E-state index contributed by atoms with van der Waals surface area (Å²) >= 11 is 0. The fourth-order valence-electron chi connectivity index (χ4n) is 3.01. The van der Waals surface area contributed by atoms with Crippen LogP contribution in [0.15, 0.2) is 29.2 Å². The third kappa shape index (κ3) is 3.21. The van der Waals surface area contributed by atoms with E-state index in [2.05, 4.69) is 9.62 Å². The number of benzene rings is 1. The van der Waals surface area contributed by atoms with Gasteiger partial charge in [-0.25, -0.2) is 13.1 Å². The van der Waals surface area contributed by atoms with Gasteiger partial charge in [0.2, 0.25) is 10.0 Å². The molecule has 0 bridgehead atoms. The minimum atomic E-state index is -3.59. The first kappa shape index (κ1) is 14.8. The van der Waals surface area contributed by atoms with Gasteiger partial charge >= 0.3 is 0 Å². The highest BCUT2D eigenvalue weighted by atomic mass is 32.2. The molecular formula is C14H21N3O3S. The summed E-state index contributed by atoms with van der Waals surface area (Å²) in [6.45, 7) is 2.85. The molecule has 3 N–H and O–H groups in total. The Kier molecular flexibility index (Phi) is 4.17. The second-order valence-corrected chi connectivity index (χ2v) is 7.37. The molecule has 116 valence electrons. The second kappa shape index (κ2) is 5.92. The highest BCUT2D eigenvalue weighted by molar-refractivity contribution is 7.89. The summed E-state index contributed by atoms with van der Waals surface area (Å²) in [5.41, 5.74) is 5.99. The van der Waals surface area contributed by atoms with Crippen LogP contribution in [0.3, 0.4) is 0 Å². The normalized spacial score (nSPS) is 26.7. The van der Waals surface area contributed by atoms with Gasteiger partial charge < -0.3 is 10.5 Å². The number of nitrogens with zero attached hydrogens (tertiary/aromatic N) is 1. The van der Waals surface area contributed by atoms with Gasteiger partial charge in [0.25, 0.3) is 0 Å². The number of nitrogen functional groups attached to an aromatic ring is 1. The van der Waals surface area contributed by atoms with Crippen LogP contribution in [0.4, 0.5) is 5.69 Å². The number of sulfonamides is 1. The van der Waals surface area contributed by atoms with Crippen LogP contribution in [-0.2, 0) is 14.8 Å². The maximum absolute atomic E-state index is 12.3. The highest BCUT2D eigenvalue weighted by Gasteiger charge is 2.32. The summed E-state index contributed by atoms with van der Waals surface area (Å²) in [6, 6.07) is 6.99. The minimum absolute atomic E-state index is 0.0981. The van der Waals surface area contributed by atoms with Gasteiger partial charge in [-0.2, -0.15) is 0 Å². The van der Waals surface area contributed by atoms with Crippen molar-refractivity contribution in [3.63, 3.8) is 0 Å². The Balaban J connectivity index is 1.61. The fraction of sp³-hybridized carbons (Fsp3) is 0.571. The summed E-state index contributed by atoms with van der Waals surface area (Å²) in [7, 11) is -3.59. The third-order valence-corrected chi connectivity index (χ3v) is 5.67. The van der Waals surface area contributed by atoms with Gasteiger partial charge in [-0.1, -0.05) is 12.1 Å². The first-order valence-corrected chi connectivity index (χ1v) is 8.74. The van der Waals surface area contributed by atoms with E-state index in [1.165, 1.54) is 18.9 Å². The number of nitrogens with two attached hydrogens (primary N) is 1. The van der Waals surface area contributed by atoms with Crippen molar-refractivity contribution in [1.29, 1.82) is 0 Å². The van der Waals surface area contributed by atoms with E-state index in [0.717, 1.165) is 13.1 Å². The van der Waals surface area contributed by atoms with Crippen molar-refractivity contribution in [2.45, 2.75) is 29.9 Å². The lowest BCUT2D eigenvalue weighted by molar-refractivity contribution is -0.0449. The zero-order chi connectivity index (χ0) is 14.9. The van der Waals surface area contributed by atoms with Gasteiger partial charge in [0.1, 0.15) is 4.90 Å². The smallest absolute Gasteiger partial charge is 0.242 e. The molecule has 1 aromatic carbocycles. The standard InChI is InChI=1S/C14H21N3O3S/c15-13-5-1-2-6-14(13)21(18,19)16-8-12-9-17-7-3-4-11(17)10-20-12/h1-2,5-6,11-12,16H,3-4,7-10,15H2. The maximum atomic E-state index is 12.3. The molecule has 2 atom stereocenters. The molecule has 2 aliphatic heterocycles. The Morgan fingerprint density at radius 1 is 1.38 bits per heavy atom. The van der Waals surface area contributed by atoms with E-state index in [9.17, 15) is 8.42 Å². The second-order valence-electron chi connectivity index (χ2n) is 5.64. The molecule has 2 fully saturated rings. The molecule has 0 amide bonds. The van der Waals surface area contributed by atoms with Crippen LogP contribution in [0, 0.1) is 0 Å². The summed E-state index contributed by atoms with van der Waals surface area (Å²) in [6.07, 6.45) is 2.28. The Labute approximate surface area is 125 Å². The average molecular weight is 311 g/mol. The third-order valence-electron chi connectivity index (χ3n) is 4.17. The van der Waals surface area contributed by atoms with Crippen LogP contribution in [0.25, 0.3) is 0 Å². The van der Waals surface area contributed by atoms with Gasteiger partial charge in [0.15, 0.2) is 0 Å². The Morgan fingerprint density at radius 2 is 2.19 bits per heavy atom. The predicted molar refractivity (Wildman–Crippen MR) is 80.4 cm³/mol. The van der Waals surface area contributed by atoms with Gasteiger partial charge in [-0.15, -0.1) is 0 Å². The van der Waals surface area contributed by atoms with Crippen molar-refractivity contribution >= 4 is 15.7 Å². The Hall–Kier alpha value is -1.15. The first-order valence-electron chi connectivity index (χ1n) is 7.26. The maximum Gasteiger partial charge on any atom is 0.242 e. The van der Waals surface area contributed by atoms with E-state index in [1.54, 1.807) is 18.2 Å². The predicted octanol–water partition coefficient (Wildman–Crippen LogP) is 0.410. The quantitative estimate of drug-likeness (QED) is 0.787. The summed E-state index contributed by atoms with van der Waals surface area (Å²) in [5.74, 6) is 0. The van der Waals surface area contributed by atoms with Crippen molar-refractivity contribution in [2.75, 3.05) is 32.0 Å². The van der Waals surface area contributed by atoms with Crippen LogP contribution >= 0.6 is 0 Å². The van der Waals surface area contributed by atoms with Gasteiger partial charge in [0, 0.05) is 19.1 Å². The fourth-order valence-corrected chi connectivity index (χ4v) is 4.21. The first-order chi connectivity index (χ1) is 10.1. The lowest BCUT2D eigenvalue weighted by Gasteiger charge is -2.35. The minimum Gasteiger partial charge on any atom is -0.398 e. The topological polar surface area (TPSA) is 84.7 Å². The number of fused-ring (bicyclic) bond motifs is 1. The van der Waals surface area contributed by atoms with Crippen LogP contribution in [0.5, 0.6) is 0 Å². The number of para-hydroxylation sites is 1.